The number of halogens is 1. The SMILES string of the molecule is COc1ccc(CN2CCN(c3ccccc3Cl)CC2)cc1. The van der Waals surface area contributed by atoms with Crippen molar-refractivity contribution in [2.24, 2.45) is 0 Å². The molecule has 0 N–H and O–H groups in total. The highest BCUT2D eigenvalue weighted by atomic mass is 35.5. The van der Waals surface area contributed by atoms with Crippen LogP contribution in [0.15, 0.2) is 48.5 Å². The number of nitrogens with zero attached hydrogens (tertiary/aromatic N) is 2. The van der Waals surface area contributed by atoms with Gasteiger partial charge in [0, 0.05) is 32.7 Å². The first kappa shape index (κ1) is 15.2. The van der Waals surface area contributed by atoms with Gasteiger partial charge in [0.05, 0.1) is 17.8 Å². The Hall–Kier alpha value is -1.71. The van der Waals surface area contributed by atoms with Gasteiger partial charge in [-0.2, -0.15) is 0 Å². The van der Waals surface area contributed by atoms with Gasteiger partial charge in [-0.1, -0.05) is 35.9 Å². The van der Waals surface area contributed by atoms with Gasteiger partial charge >= 0.3 is 0 Å². The van der Waals surface area contributed by atoms with E-state index in [-0.39, 0.29) is 0 Å². The lowest BCUT2D eigenvalue weighted by molar-refractivity contribution is 0.250. The predicted octanol–water partition coefficient (Wildman–Crippen LogP) is 3.67. The first-order valence-electron chi connectivity index (χ1n) is 7.61. The van der Waals surface area contributed by atoms with Crippen LogP contribution in [0.5, 0.6) is 5.75 Å². The summed E-state index contributed by atoms with van der Waals surface area (Å²) in [5.74, 6) is 0.910. The lowest BCUT2D eigenvalue weighted by Gasteiger charge is -2.36. The van der Waals surface area contributed by atoms with Crippen molar-refractivity contribution in [3.8, 4) is 5.75 Å². The number of benzene rings is 2. The molecule has 0 radical (unpaired) electrons. The van der Waals surface area contributed by atoms with E-state index in [1.807, 2.05) is 30.3 Å². The van der Waals surface area contributed by atoms with Crippen LogP contribution in [0.2, 0.25) is 5.02 Å². The highest BCUT2D eigenvalue weighted by molar-refractivity contribution is 6.33. The van der Waals surface area contributed by atoms with Crippen molar-refractivity contribution in [3.63, 3.8) is 0 Å². The molecule has 116 valence electrons. The standard InChI is InChI=1S/C18H21ClN2O/c1-22-16-8-6-15(7-9-16)14-20-10-12-21(13-11-20)18-5-3-2-4-17(18)19/h2-9H,10-14H2,1H3. The van der Waals surface area contributed by atoms with Gasteiger partial charge in [0.25, 0.3) is 0 Å². The average Bonchev–Trinajstić information content (AvgIpc) is 2.57. The maximum atomic E-state index is 6.29. The molecule has 1 saturated heterocycles. The largest absolute Gasteiger partial charge is 0.497 e. The van der Waals surface area contributed by atoms with E-state index in [1.54, 1.807) is 7.11 Å². The molecule has 0 spiro atoms. The topological polar surface area (TPSA) is 15.7 Å². The van der Waals surface area contributed by atoms with E-state index in [0.717, 1.165) is 49.2 Å². The summed E-state index contributed by atoms with van der Waals surface area (Å²) < 4.78 is 5.20. The summed E-state index contributed by atoms with van der Waals surface area (Å²) in [5.41, 5.74) is 2.47. The van der Waals surface area contributed by atoms with Gasteiger partial charge in [0.1, 0.15) is 5.75 Å². The molecule has 3 rings (SSSR count). The molecule has 0 atom stereocenters. The number of piperazine rings is 1. The highest BCUT2D eigenvalue weighted by Gasteiger charge is 2.18. The Labute approximate surface area is 137 Å². The molecule has 0 amide bonds. The maximum Gasteiger partial charge on any atom is 0.118 e. The number of hydrogen-bond acceptors (Lipinski definition) is 3. The first-order chi connectivity index (χ1) is 10.8. The molecular weight excluding hydrogens is 296 g/mol. The second-order valence-electron chi connectivity index (χ2n) is 5.56. The summed E-state index contributed by atoms with van der Waals surface area (Å²) in [5, 5.41) is 0.839. The normalized spacial score (nSPS) is 15.8. The third-order valence-corrected chi connectivity index (χ3v) is 4.45. The van der Waals surface area contributed by atoms with Crippen LogP contribution in [0.4, 0.5) is 5.69 Å². The van der Waals surface area contributed by atoms with Gasteiger partial charge < -0.3 is 9.64 Å². The molecule has 0 bridgehead atoms. The summed E-state index contributed by atoms with van der Waals surface area (Å²) in [6.45, 7) is 5.12. The number of rotatable bonds is 4. The van der Waals surface area contributed by atoms with Crippen molar-refractivity contribution in [2.45, 2.75) is 6.54 Å². The van der Waals surface area contributed by atoms with E-state index in [0.29, 0.717) is 0 Å². The van der Waals surface area contributed by atoms with Crippen LogP contribution >= 0.6 is 11.6 Å². The fourth-order valence-corrected chi connectivity index (χ4v) is 3.10. The Morgan fingerprint density at radius 1 is 0.955 bits per heavy atom. The smallest absolute Gasteiger partial charge is 0.118 e. The Bertz CT molecular complexity index is 607. The van der Waals surface area contributed by atoms with Crippen LogP contribution in [0, 0.1) is 0 Å². The molecule has 22 heavy (non-hydrogen) atoms. The summed E-state index contributed by atoms with van der Waals surface area (Å²) in [6, 6.07) is 16.4. The van der Waals surface area contributed by atoms with Gasteiger partial charge in [-0.15, -0.1) is 0 Å². The van der Waals surface area contributed by atoms with Crippen molar-refractivity contribution in [1.29, 1.82) is 0 Å². The van der Waals surface area contributed by atoms with Crippen LogP contribution in [-0.2, 0) is 6.54 Å². The lowest BCUT2D eigenvalue weighted by atomic mass is 10.2. The maximum absolute atomic E-state index is 6.29. The Balaban J connectivity index is 1.56. The van der Waals surface area contributed by atoms with Crippen LogP contribution < -0.4 is 9.64 Å². The third-order valence-electron chi connectivity index (χ3n) is 4.13. The molecule has 2 aromatic carbocycles. The van der Waals surface area contributed by atoms with Crippen LogP contribution in [-0.4, -0.2) is 38.2 Å². The second kappa shape index (κ2) is 7.03. The number of ether oxygens (including phenoxy) is 1. The fourth-order valence-electron chi connectivity index (χ4n) is 2.84. The zero-order valence-electron chi connectivity index (χ0n) is 12.8. The molecule has 0 aliphatic carbocycles. The highest BCUT2D eigenvalue weighted by Crippen LogP contribution is 2.26. The molecule has 1 aliphatic rings. The van der Waals surface area contributed by atoms with Gasteiger partial charge in [0.2, 0.25) is 0 Å². The molecule has 0 saturated carbocycles. The predicted molar refractivity (Wildman–Crippen MR) is 91.9 cm³/mol. The van der Waals surface area contributed by atoms with Crippen LogP contribution in [0.1, 0.15) is 5.56 Å². The minimum absolute atomic E-state index is 0.839. The first-order valence-corrected chi connectivity index (χ1v) is 7.99. The van der Waals surface area contributed by atoms with E-state index in [9.17, 15) is 0 Å². The van der Waals surface area contributed by atoms with E-state index < -0.39 is 0 Å². The van der Waals surface area contributed by atoms with Crippen molar-refractivity contribution < 1.29 is 4.74 Å². The van der Waals surface area contributed by atoms with Gasteiger partial charge in [0.15, 0.2) is 0 Å². The Morgan fingerprint density at radius 3 is 2.27 bits per heavy atom. The summed E-state index contributed by atoms with van der Waals surface area (Å²) in [6.07, 6.45) is 0. The molecule has 0 aromatic heterocycles. The van der Waals surface area contributed by atoms with Gasteiger partial charge in [-0.05, 0) is 29.8 Å². The fraction of sp³-hybridized carbons (Fsp3) is 0.333. The minimum atomic E-state index is 0.839. The molecule has 1 fully saturated rings. The van der Waals surface area contributed by atoms with Crippen molar-refractivity contribution in [2.75, 3.05) is 38.2 Å². The summed E-state index contributed by atoms with van der Waals surface area (Å²) >= 11 is 6.29. The zero-order valence-corrected chi connectivity index (χ0v) is 13.6. The number of para-hydroxylation sites is 1. The molecule has 0 unspecified atom stereocenters. The third kappa shape index (κ3) is 3.54. The molecular formula is C18H21ClN2O. The molecule has 4 heteroatoms. The molecule has 1 heterocycles. The van der Waals surface area contributed by atoms with Crippen molar-refractivity contribution >= 4 is 17.3 Å². The summed E-state index contributed by atoms with van der Waals surface area (Å²) in [4.78, 5) is 4.85. The van der Waals surface area contributed by atoms with Gasteiger partial charge in [-0.3, -0.25) is 4.90 Å². The minimum Gasteiger partial charge on any atom is -0.497 e. The van der Waals surface area contributed by atoms with Crippen LogP contribution in [0.3, 0.4) is 0 Å². The Kier molecular flexibility index (Phi) is 4.86. The van der Waals surface area contributed by atoms with E-state index in [4.69, 9.17) is 16.3 Å². The average molecular weight is 317 g/mol. The summed E-state index contributed by atoms with van der Waals surface area (Å²) in [7, 11) is 1.70. The second-order valence-corrected chi connectivity index (χ2v) is 5.97. The van der Waals surface area contributed by atoms with Crippen LogP contribution in [0.25, 0.3) is 0 Å². The van der Waals surface area contributed by atoms with Gasteiger partial charge in [-0.25, -0.2) is 0 Å². The van der Waals surface area contributed by atoms with Crippen molar-refractivity contribution in [3.05, 3.63) is 59.1 Å². The van der Waals surface area contributed by atoms with Crippen molar-refractivity contribution in [1.82, 2.24) is 4.90 Å². The number of methoxy groups -OCH3 is 1. The lowest BCUT2D eigenvalue weighted by Crippen LogP contribution is -2.46. The van der Waals surface area contributed by atoms with E-state index in [1.165, 1.54) is 5.56 Å². The molecule has 2 aromatic rings. The zero-order chi connectivity index (χ0) is 15.4. The molecule has 1 aliphatic heterocycles. The number of anilines is 1. The molecule has 3 nitrogen and oxygen atoms in total. The van der Waals surface area contributed by atoms with E-state index >= 15 is 0 Å². The quantitative estimate of drug-likeness (QED) is 0.856. The number of hydrogen-bond donors (Lipinski definition) is 0. The monoisotopic (exact) mass is 316 g/mol. The Morgan fingerprint density at radius 2 is 1.64 bits per heavy atom. The van der Waals surface area contributed by atoms with E-state index in [2.05, 4.69) is 28.0 Å².